The topological polar surface area (TPSA) is 33.2 Å². The molecule has 0 aliphatic carbocycles. The van der Waals surface area contributed by atoms with E-state index < -0.39 is 5.95 Å². The standard InChI is InChI=1S/C11H15FN2O/c1-3-7-14(4-2)11(15)9-5-6-10(12)13-8-9/h5-6,8H,3-4,7H2,1-2H3. The molecule has 0 aromatic carbocycles. The molecule has 0 N–H and O–H groups in total. The summed E-state index contributed by atoms with van der Waals surface area (Å²) < 4.78 is 12.5. The van der Waals surface area contributed by atoms with Crippen LogP contribution in [-0.4, -0.2) is 28.9 Å². The highest BCUT2D eigenvalue weighted by Crippen LogP contribution is 2.05. The predicted octanol–water partition coefficient (Wildman–Crippen LogP) is 2.09. The molecule has 0 saturated heterocycles. The van der Waals surface area contributed by atoms with Crippen molar-refractivity contribution in [2.45, 2.75) is 20.3 Å². The first-order valence-electron chi connectivity index (χ1n) is 5.09. The van der Waals surface area contributed by atoms with Crippen molar-refractivity contribution in [1.82, 2.24) is 9.88 Å². The van der Waals surface area contributed by atoms with Crippen LogP contribution in [-0.2, 0) is 0 Å². The zero-order chi connectivity index (χ0) is 11.3. The van der Waals surface area contributed by atoms with Gasteiger partial charge in [-0.2, -0.15) is 4.39 Å². The zero-order valence-corrected chi connectivity index (χ0v) is 9.03. The number of hydrogen-bond donors (Lipinski definition) is 0. The number of halogens is 1. The largest absolute Gasteiger partial charge is 0.339 e. The zero-order valence-electron chi connectivity index (χ0n) is 9.03. The van der Waals surface area contributed by atoms with Crippen LogP contribution in [0.4, 0.5) is 4.39 Å². The maximum Gasteiger partial charge on any atom is 0.255 e. The summed E-state index contributed by atoms with van der Waals surface area (Å²) in [7, 11) is 0. The van der Waals surface area contributed by atoms with Gasteiger partial charge in [-0.15, -0.1) is 0 Å². The molecule has 1 aromatic heterocycles. The summed E-state index contributed by atoms with van der Waals surface area (Å²) in [5.41, 5.74) is 0.437. The van der Waals surface area contributed by atoms with Crippen molar-refractivity contribution in [2.75, 3.05) is 13.1 Å². The van der Waals surface area contributed by atoms with Gasteiger partial charge < -0.3 is 4.90 Å². The Bertz CT molecular complexity index is 324. The van der Waals surface area contributed by atoms with Crippen molar-refractivity contribution in [3.05, 3.63) is 29.8 Å². The van der Waals surface area contributed by atoms with Crippen LogP contribution in [0.1, 0.15) is 30.6 Å². The summed E-state index contributed by atoms with van der Waals surface area (Å²) in [6, 6.07) is 2.66. The summed E-state index contributed by atoms with van der Waals surface area (Å²) in [5.74, 6) is -0.656. The van der Waals surface area contributed by atoms with Gasteiger partial charge >= 0.3 is 0 Å². The Morgan fingerprint density at radius 1 is 1.47 bits per heavy atom. The number of hydrogen-bond acceptors (Lipinski definition) is 2. The lowest BCUT2D eigenvalue weighted by Crippen LogP contribution is -2.31. The van der Waals surface area contributed by atoms with E-state index in [0.29, 0.717) is 18.7 Å². The molecule has 82 valence electrons. The summed E-state index contributed by atoms with van der Waals surface area (Å²) in [6.07, 6.45) is 2.18. The smallest absolute Gasteiger partial charge is 0.255 e. The van der Waals surface area contributed by atoms with Gasteiger partial charge in [0, 0.05) is 19.3 Å². The number of carbonyl (C=O) groups excluding carboxylic acids is 1. The summed E-state index contributed by atoms with van der Waals surface area (Å²) >= 11 is 0. The van der Waals surface area contributed by atoms with Crippen molar-refractivity contribution in [3.63, 3.8) is 0 Å². The first kappa shape index (κ1) is 11.6. The Labute approximate surface area is 88.9 Å². The van der Waals surface area contributed by atoms with Gasteiger partial charge in [0.25, 0.3) is 5.91 Å². The fraction of sp³-hybridized carbons (Fsp3) is 0.455. The van der Waals surface area contributed by atoms with Crippen LogP contribution >= 0.6 is 0 Å². The van der Waals surface area contributed by atoms with Crippen molar-refractivity contribution in [3.8, 4) is 0 Å². The van der Waals surface area contributed by atoms with Crippen LogP contribution in [0.5, 0.6) is 0 Å². The molecule has 0 spiro atoms. The molecule has 1 amide bonds. The molecule has 1 aromatic rings. The van der Waals surface area contributed by atoms with Crippen LogP contribution in [0, 0.1) is 5.95 Å². The van der Waals surface area contributed by atoms with E-state index in [1.165, 1.54) is 18.3 Å². The van der Waals surface area contributed by atoms with Crippen molar-refractivity contribution in [1.29, 1.82) is 0 Å². The van der Waals surface area contributed by atoms with Gasteiger partial charge in [0.1, 0.15) is 0 Å². The van der Waals surface area contributed by atoms with Gasteiger partial charge in [-0.1, -0.05) is 6.92 Å². The van der Waals surface area contributed by atoms with Crippen LogP contribution in [0.3, 0.4) is 0 Å². The molecule has 1 rings (SSSR count). The minimum absolute atomic E-state index is 0.0909. The van der Waals surface area contributed by atoms with E-state index >= 15 is 0 Å². The number of carbonyl (C=O) groups is 1. The van der Waals surface area contributed by atoms with Gasteiger partial charge in [0.2, 0.25) is 5.95 Å². The highest BCUT2D eigenvalue weighted by atomic mass is 19.1. The molecular weight excluding hydrogens is 195 g/mol. The molecular formula is C11H15FN2O. The Balaban J connectivity index is 2.78. The predicted molar refractivity (Wildman–Crippen MR) is 56.1 cm³/mol. The molecule has 0 saturated carbocycles. The molecule has 1 heterocycles. The molecule has 0 radical (unpaired) electrons. The van der Waals surface area contributed by atoms with E-state index in [2.05, 4.69) is 4.98 Å². The average molecular weight is 210 g/mol. The Morgan fingerprint density at radius 2 is 2.20 bits per heavy atom. The Morgan fingerprint density at radius 3 is 2.67 bits per heavy atom. The van der Waals surface area contributed by atoms with E-state index in [1.807, 2.05) is 13.8 Å². The number of rotatable bonds is 4. The Hall–Kier alpha value is -1.45. The highest BCUT2D eigenvalue weighted by Gasteiger charge is 2.13. The average Bonchev–Trinajstić information content (AvgIpc) is 2.26. The lowest BCUT2D eigenvalue weighted by atomic mass is 10.2. The van der Waals surface area contributed by atoms with Gasteiger partial charge in [-0.25, -0.2) is 4.98 Å². The minimum Gasteiger partial charge on any atom is -0.339 e. The van der Waals surface area contributed by atoms with Crippen LogP contribution in [0.15, 0.2) is 18.3 Å². The van der Waals surface area contributed by atoms with Crippen LogP contribution in [0.2, 0.25) is 0 Å². The normalized spacial score (nSPS) is 10.1. The molecule has 3 nitrogen and oxygen atoms in total. The molecule has 4 heteroatoms. The van der Waals surface area contributed by atoms with Crippen molar-refractivity contribution in [2.24, 2.45) is 0 Å². The quantitative estimate of drug-likeness (QED) is 0.713. The van der Waals surface area contributed by atoms with Crippen molar-refractivity contribution >= 4 is 5.91 Å². The van der Waals surface area contributed by atoms with Crippen LogP contribution < -0.4 is 0 Å². The molecule has 0 unspecified atom stereocenters. The maximum atomic E-state index is 12.5. The fourth-order valence-electron chi connectivity index (χ4n) is 1.36. The van der Waals surface area contributed by atoms with E-state index in [0.717, 1.165) is 6.42 Å². The van der Waals surface area contributed by atoms with E-state index in [1.54, 1.807) is 4.90 Å². The lowest BCUT2D eigenvalue weighted by molar-refractivity contribution is 0.0764. The second-order valence-corrected chi connectivity index (χ2v) is 3.25. The monoisotopic (exact) mass is 210 g/mol. The third kappa shape index (κ3) is 3.01. The van der Waals surface area contributed by atoms with Gasteiger partial charge in [-0.3, -0.25) is 4.79 Å². The molecule has 15 heavy (non-hydrogen) atoms. The second-order valence-electron chi connectivity index (χ2n) is 3.25. The summed E-state index contributed by atoms with van der Waals surface area (Å²) in [4.78, 5) is 17.0. The van der Waals surface area contributed by atoms with Gasteiger partial charge in [-0.05, 0) is 25.5 Å². The number of amides is 1. The van der Waals surface area contributed by atoms with E-state index in [9.17, 15) is 9.18 Å². The Kier molecular flexibility index (Phi) is 4.21. The van der Waals surface area contributed by atoms with Gasteiger partial charge in [0.05, 0.1) is 5.56 Å². The second kappa shape index (κ2) is 5.44. The fourth-order valence-corrected chi connectivity index (χ4v) is 1.36. The van der Waals surface area contributed by atoms with Crippen molar-refractivity contribution < 1.29 is 9.18 Å². The number of nitrogens with zero attached hydrogens (tertiary/aromatic N) is 2. The molecule has 0 bridgehead atoms. The number of aromatic nitrogens is 1. The molecule has 0 aliphatic heterocycles. The third-order valence-electron chi connectivity index (χ3n) is 2.14. The SMILES string of the molecule is CCCN(CC)C(=O)c1ccc(F)nc1. The minimum atomic E-state index is -0.565. The first-order valence-corrected chi connectivity index (χ1v) is 5.09. The first-order chi connectivity index (χ1) is 7.19. The molecule has 0 fully saturated rings. The van der Waals surface area contributed by atoms with Gasteiger partial charge in [0.15, 0.2) is 0 Å². The summed E-state index contributed by atoms with van der Waals surface area (Å²) in [5, 5.41) is 0. The lowest BCUT2D eigenvalue weighted by Gasteiger charge is -2.19. The highest BCUT2D eigenvalue weighted by molar-refractivity contribution is 5.93. The maximum absolute atomic E-state index is 12.5. The van der Waals surface area contributed by atoms with E-state index in [-0.39, 0.29) is 5.91 Å². The molecule has 0 aliphatic rings. The third-order valence-corrected chi connectivity index (χ3v) is 2.14. The van der Waals surface area contributed by atoms with E-state index in [4.69, 9.17) is 0 Å². The number of pyridine rings is 1. The van der Waals surface area contributed by atoms with Crippen LogP contribution in [0.25, 0.3) is 0 Å². The molecule has 0 atom stereocenters. The summed E-state index contributed by atoms with van der Waals surface area (Å²) in [6.45, 7) is 5.31.